The Labute approximate surface area is 149 Å². The minimum Gasteiger partial charge on any atom is -0.355 e. The van der Waals surface area contributed by atoms with Crippen molar-refractivity contribution in [2.75, 3.05) is 28.5 Å². The average Bonchev–Trinajstić information content (AvgIpc) is 2.91. The van der Waals surface area contributed by atoms with Crippen LogP contribution >= 0.6 is 0 Å². The molecule has 0 bridgehead atoms. The predicted octanol–water partition coefficient (Wildman–Crippen LogP) is 3.29. The summed E-state index contributed by atoms with van der Waals surface area (Å²) in [5.74, 6) is 0.954. The van der Waals surface area contributed by atoms with E-state index in [2.05, 4.69) is 19.8 Å². The van der Waals surface area contributed by atoms with Gasteiger partial charge in [0.15, 0.2) is 5.82 Å². The summed E-state index contributed by atoms with van der Waals surface area (Å²) in [6.45, 7) is 3.67. The van der Waals surface area contributed by atoms with Crippen LogP contribution in [0.2, 0.25) is 0 Å². The summed E-state index contributed by atoms with van der Waals surface area (Å²) < 4.78 is 26.0. The molecule has 0 saturated carbocycles. The van der Waals surface area contributed by atoms with E-state index in [0.717, 1.165) is 30.2 Å². The number of sulfonamides is 1. The fourth-order valence-corrected chi connectivity index (χ4v) is 3.57. The van der Waals surface area contributed by atoms with E-state index in [-0.39, 0.29) is 5.75 Å². The summed E-state index contributed by atoms with van der Waals surface area (Å²) in [4.78, 5) is 2.29. The van der Waals surface area contributed by atoms with Gasteiger partial charge in [-0.05, 0) is 44.0 Å². The summed E-state index contributed by atoms with van der Waals surface area (Å²) in [7, 11) is -3.29. The third-order valence-corrected chi connectivity index (χ3v) is 5.70. The van der Waals surface area contributed by atoms with Crippen LogP contribution in [0.1, 0.15) is 32.6 Å². The molecule has 2 aromatic rings. The van der Waals surface area contributed by atoms with Gasteiger partial charge in [0.1, 0.15) is 0 Å². The van der Waals surface area contributed by atoms with Crippen LogP contribution in [0.5, 0.6) is 0 Å². The normalized spacial score (nSPS) is 15.6. The van der Waals surface area contributed by atoms with Crippen LogP contribution in [-0.4, -0.2) is 37.5 Å². The van der Waals surface area contributed by atoms with Crippen LogP contribution in [0.25, 0.3) is 11.3 Å². The van der Waals surface area contributed by atoms with E-state index in [4.69, 9.17) is 0 Å². The van der Waals surface area contributed by atoms with Gasteiger partial charge in [-0.2, -0.15) is 0 Å². The third kappa shape index (κ3) is 4.69. The van der Waals surface area contributed by atoms with Crippen molar-refractivity contribution in [3.63, 3.8) is 0 Å². The van der Waals surface area contributed by atoms with E-state index in [1.807, 2.05) is 24.3 Å². The minimum absolute atomic E-state index is 0.0432. The summed E-state index contributed by atoms with van der Waals surface area (Å²) in [6, 6.07) is 11.2. The maximum absolute atomic E-state index is 11.7. The molecule has 3 rings (SSSR count). The molecule has 0 amide bonds. The molecule has 1 aromatic heterocycles. The fraction of sp³-hybridized carbons (Fsp3) is 0.444. The second-order valence-corrected chi connectivity index (χ2v) is 8.28. The highest BCUT2D eigenvalue weighted by molar-refractivity contribution is 7.92. The van der Waals surface area contributed by atoms with Crippen LogP contribution in [0.15, 0.2) is 36.4 Å². The van der Waals surface area contributed by atoms with Gasteiger partial charge in [-0.3, -0.25) is 4.72 Å². The van der Waals surface area contributed by atoms with Gasteiger partial charge < -0.3 is 4.90 Å². The number of nitrogens with zero attached hydrogens (tertiary/aromatic N) is 3. The lowest BCUT2D eigenvalue weighted by atomic mass is 10.1. The topological polar surface area (TPSA) is 75.2 Å². The van der Waals surface area contributed by atoms with Crippen LogP contribution in [-0.2, 0) is 10.0 Å². The van der Waals surface area contributed by atoms with Crippen molar-refractivity contribution in [3.05, 3.63) is 36.4 Å². The number of aromatic nitrogens is 2. The molecule has 0 unspecified atom stereocenters. The summed E-state index contributed by atoms with van der Waals surface area (Å²) in [5.41, 5.74) is 2.11. The summed E-state index contributed by atoms with van der Waals surface area (Å²) >= 11 is 0. The van der Waals surface area contributed by atoms with Crippen molar-refractivity contribution >= 4 is 21.5 Å². The lowest BCUT2D eigenvalue weighted by Crippen LogP contribution is -2.25. The molecule has 2 heterocycles. The van der Waals surface area contributed by atoms with Crippen molar-refractivity contribution in [3.8, 4) is 11.3 Å². The Balaban J connectivity index is 1.78. The van der Waals surface area contributed by atoms with Gasteiger partial charge in [0, 0.05) is 24.3 Å². The first-order valence-electron chi connectivity index (χ1n) is 8.77. The number of nitrogens with one attached hydrogen (secondary N) is 1. The minimum atomic E-state index is -3.29. The highest BCUT2D eigenvalue weighted by Crippen LogP contribution is 2.23. The largest absolute Gasteiger partial charge is 0.355 e. The molecule has 1 N–H and O–H groups in total. The molecule has 0 atom stereocenters. The Hall–Kier alpha value is -2.15. The predicted molar refractivity (Wildman–Crippen MR) is 101 cm³/mol. The van der Waals surface area contributed by atoms with Gasteiger partial charge >= 0.3 is 0 Å². The first kappa shape index (κ1) is 17.7. The maximum atomic E-state index is 11.7. The molecule has 0 spiro atoms. The van der Waals surface area contributed by atoms with Gasteiger partial charge in [-0.25, -0.2) is 8.42 Å². The number of benzene rings is 1. The molecule has 1 aliphatic heterocycles. The Bertz CT molecular complexity index is 798. The number of rotatable bonds is 5. The maximum Gasteiger partial charge on any atom is 0.232 e. The van der Waals surface area contributed by atoms with Crippen molar-refractivity contribution in [1.82, 2.24) is 10.2 Å². The highest BCUT2D eigenvalue weighted by atomic mass is 32.2. The first-order chi connectivity index (χ1) is 12.1. The van der Waals surface area contributed by atoms with Crippen molar-refractivity contribution in [2.45, 2.75) is 32.6 Å². The van der Waals surface area contributed by atoms with E-state index in [0.29, 0.717) is 5.69 Å². The Morgan fingerprint density at radius 2 is 1.80 bits per heavy atom. The number of hydrogen-bond donors (Lipinski definition) is 1. The van der Waals surface area contributed by atoms with Gasteiger partial charge in [-0.15, -0.1) is 10.2 Å². The second-order valence-electron chi connectivity index (χ2n) is 6.26. The lowest BCUT2D eigenvalue weighted by Gasteiger charge is -2.20. The molecule has 6 nitrogen and oxygen atoms in total. The Kier molecular flexibility index (Phi) is 5.53. The molecular weight excluding hydrogens is 336 g/mol. The number of hydrogen-bond acceptors (Lipinski definition) is 5. The van der Waals surface area contributed by atoms with E-state index in [9.17, 15) is 8.42 Å². The third-order valence-electron chi connectivity index (χ3n) is 4.39. The van der Waals surface area contributed by atoms with Gasteiger partial charge in [0.2, 0.25) is 10.0 Å². The highest BCUT2D eigenvalue weighted by Gasteiger charge is 2.12. The smallest absolute Gasteiger partial charge is 0.232 e. The van der Waals surface area contributed by atoms with Crippen LogP contribution < -0.4 is 9.62 Å². The molecule has 1 aliphatic rings. The van der Waals surface area contributed by atoms with E-state index in [1.165, 1.54) is 25.7 Å². The Morgan fingerprint density at radius 3 is 2.44 bits per heavy atom. The van der Waals surface area contributed by atoms with Crippen LogP contribution in [0, 0.1) is 0 Å². The molecule has 134 valence electrons. The quantitative estimate of drug-likeness (QED) is 0.885. The van der Waals surface area contributed by atoms with Gasteiger partial charge in [0.05, 0.1) is 11.4 Å². The summed E-state index contributed by atoms with van der Waals surface area (Å²) in [5, 5.41) is 8.72. The van der Waals surface area contributed by atoms with E-state index in [1.54, 1.807) is 19.1 Å². The van der Waals surface area contributed by atoms with E-state index >= 15 is 0 Å². The molecule has 1 saturated heterocycles. The molecule has 25 heavy (non-hydrogen) atoms. The average molecular weight is 360 g/mol. The first-order valence-corrected chi connectivity index (χ1v) is 10.4. The molecule has 7 heteroatoms. The zero-order valence-corrected chi connectivity index (χ0v) is 15.3. The van der Waals surface area contributed by atoms with Crippen molar-refractivity contribution < 1.29 is 8.42 Å². The molecule has 1 aromatic carbocycles. The SMILES string of the molecule is CCS(=O)(=O)Nc1cccc(-c2ccc(N3CCCCCC3)nn2)c1. The summed E-state index contributed by atoms with van der Waals surface area (Å²) in [6.07, 6.45) is 4.96. The Morgan fingerprint density at radius 1 is 1.04 bits per heavy atom. The molecule has 1 fully saturated rings. The monoisotopic (exact) mass is 360 g/mol. The van der Waals surface area contributed by atoms with E-state index < -0.39 is 10.0 Å². The van der Waals surface area contributed by atoms with Crippen LogP contribution in [0.4, 0.5) is 11.5 Å². The van der Waals surface area contributed by atoms with Crippen LogP contribution in [0.3, 0.4) is 0 Å². The molecule has 0 radical (unpaired) electrons. The van der Waals surface area contributed by atoms with Gasteiger partial charge in [0.25, 0.3) is 0 Å². The zero-order valence-electron chi connectivity index (χ0n) is 14.5. The second kappa shape index (κ2) is 7.82. The number of anilines is 2. The molecular formula is C18H24N4O2S. The fourth-order valence-electron chi connectivity index (χ4n) is 2.94. The van der Waals surface area contributed by atoms with Crippen molar-refractivity contribution in [1.29, 1.82) is 0 Å². The van der Waals surface area contributed by atoms with Gasteiger partial charge in [-0.1, -0.05) is 25.0 Å². The lowest BCUT2D eigenvalue weighted by molar-refractivity contribution is 0.602. The van der Waals surface area contributed by atoms with Crippen molar-refractivity contribution in [2.24, 2.45) is 0 Å². The molecule has 0 aliphatic carbocycles. The standard InChI is InChI=1S/C18H24N4O2S/c1-2-25(23,24)21-16-9-7-8-15(14-16)17-10-11-18(20-19-17)22-12-5-3-4-6-13-22/h7-11,14,21H,2-6,12-13H2,1H3. The zero-order chi connectivity index (χ0) is 17.7.